The molecule has 0 radical (unpaired) electrons. The first-order valence-electron chi connectivity index (χ1n) is 7.83. The van der Waals surface area contributed by atoms with Crippen LogP contribution in [0.1, 0.15) is 5.56 Å². The zero-order valence-corrected chi connectivity index (χ0v) is 14.3. The third-order valence-electron chi connectivity index (χ3n) is 4.39. The first-order valence-corrected chi connectivity index (χ1v) is 8.20. The highest BCUT2D eigenvalue weighted by Gasteiger charge is 2.17. The van der Waals surface area contributed by atoms with Gasteiger partial charge in [0, 0.05) is 33.6 Å². The second kappa shape index (κ2) is 5.95. The number of aromatic amines is 2. The number of pyridine rings is 1. The van der Waals surface area contributed by atoms with Gasteiger partial charge in [0.15, 0.2) is 0 Å². The lowest BCUT2D eigenvalue weighted by atomic mass is 9.99. The second-order valence-corrected chi connectivity index (χ2v) is 6.25. The molecule has 0 unspecified atom stereocenters. The smallest absolute Gasteiger partial charge is 0.253 e. The fourth-order valence-corrected chi connectivity index (χ4v) is 3.40. The molecule has 0 atom stereocenters. The van der Waals surface area contributed by atoms with Gasteiger partial charge in [0.2, 0.25) is 0 Å². The second-order valence-electron chi connectivity index (χ2n) is 5.81. The summed E-state index contributed by atoms with van der Waals surface area (Å²) < 4.78 is 5.32. The fourth-order valence-electron chi connectivity index (χ4n) is 3.23. The van der Waals surface area contributed by atoms with Crippen molar-refractivity contribution in [2.45, 2.75) is 6.54 Å². The normalized spacial score (nSPS) is 11.3. The highest BCUT2D eigenvalue weighted by molar-refractivity contribution is 6.31. The zero-order chi connectivity index (χ0) is 17.6. The van der Waals surface area contributed by atoms with Gasteiger partial charge in [0.05, 0.1) is 18.1 Å². The van der Waals surface area contributed by atoms with Gasteiger partial charge in [-0.3, -0.25) is 4.79 Å². The van der Waals surface area contributed by atoms with Gasteiger partial charge in [0.1, 0.15) is 5.75 Å². The summed E-state index contributed by atoms with van der Waals surface area (Å²) in [4.78, 5) is 19.0. The molecule has 2 heterocycles. The van der Waals surface area contributed by atoms with Crippen LogP contribution in [-0.2, 0) is 6.54 Å². The number of nitrogens with one attached hydrogen (secondary N) is 2. The molecule has 0 aliphatic rings. The van der Waals surface area contributed by atoms with Gasteiger partial charge in [-0.05, 0) is 35.9 Å². The van der Waals surface area contributed by atoms with Crippen LogP contribution < -0.4 is 16.0 Å². The first kappa shape index (κ1) is 15.7. The van der Waals surface area contributed by atoms with Crippen LogP contribution in [0.4, 0.5) is 0 Å². The fraction of sp³-hybridized carbons (Fsp3) is 0.105. The molecule has 0 aliphatic carbocycles. The van der Waals surface area contributed by atoms with Gasteiger partial charge in [-0.2, -0.15) is 0 Å². The lowest BCUT2D eigenvalue weighted by Crippen LogP contribution is -2.17. The number of methoxy groups -OCH3 is 1. The summed E-state index contributed by atoms with van der Waals surface area (Å²) in [6.07, 6.45) is 0. The molecule has 126 valence electrons. The Kier molecular flexibility index (Phi) is 3.75. The van der Waals surface area contributed by atoms with Crippen LogP contribution in [0.3, 0.4) is 0 Å². The molecule has 2 aromatic carbocycles. The number of hydrogen-bond acceptors (Lipinski definition) is 3. The van der Waals surface area contributed by atoms with E-state index in [2.05, 4.69) is 9.97 Å². The molecule has 4 aromatic rings. The monoisotopic (exact) mass is 353 g/mol. The molecular weight excluding hydrogens is 338 g/mol. The van der Waals surface area contributed by atoms with E-state index in [1.165, 1.54) is 0 Å². The summed E-state index contributed by atoms with van der Waals surface area (Å²) in [6.45, 7) is 0.133. The molecule has 25 heavy (non-hydrogen) atoms. The maximum atomic E-state index is 12.6. The SMILES string of the molecule is COc1cccc(-c2c(CN)c(=O)[nH]c3c2[nH]c2ccc(Cl)cc23)c1. The Balaban J connectivity index is 2.17. The number of hydrogen-bond donors (Lipinski definition) is 3. The van der Waals surface area contributed by atoms with E-state index in [0.717, 1.165) is 33.1 Å². The van der Waals surface area contributed by atoms with Crippen molar-refractivity contribution < 1.29 is 4.74 Å². The quantitative estimate of drug-likeness (QED) is 0.524. The number of aromatic nitrogens is 2. The molecule has 5 nitrogen and oxygen atoms in total. The highest BCUT2D eigenvalue weighted by Crippen LogP contribution is 2.35. The molecule has 0 saturated heterocycles. The van der Waals surface area contributed by atoms with E-state index in [1.807, 2.05) is 42.5 Å². The van der Waals surface area contributed by atoms with Crippen LogP contribution >= 0.6 is 11.6 Å². The topological polar surface area (TPSA) is 83.9 Å². The third kappa shape index (κ3) is 2.49. The number of halogens is 1. The van der Waals surface area contributed by atoms with Crippen molar-refractivity contribution >= 4 is 33.5 Å². The molecule has 0 aliphatic heterocycles. The predicted molar refractivity (Wildman–Crippen MR) is 101 cm³/mol. The van der Waals surface area contributed by atoms with Crippen molar-refractivity contribution in [3.8, 4) is 16.9 Å². The Morgan fingerprint density at radius 1 is 1.12 bits per heavy atom. The Hall–Kier alpha value is -2.76. The molecule has 2 aromatic heterocycles. The summed E-state index contributed by atoms with van der Waals surface area (Å²) in [7, 11) is 1.61. The van der Waals surface area contributed by atoms with E-state index < -0.39 is 0 Å². The number of fused-ring (bicyclic) bond motifs is 3. The third-order valence-corrected chi connectivity index (χ3v) is 4.62. The lowest BCUT2D eigenvalue weighted by molar-refractivity contribution is 0.415. The average molecular weight is 354 g/mol. The van der Waals surface area contributed by atoms with E-state index in [9.17, 15) is 4.79 Å². The number of benzene rings is 2. The molecular formula is C19H16ClN3O2. The van der Waals surface area contributed by atoms with E-state index in [0.29, 0.717) is 16.3 Å². The van der Waals surface area contributed by atoms with Gasteiger partial charge < -0.3 is 20.4 Å². The van der Waals surface area contributed by atoms with E-state index >= 15 is 0 Å². The summed E-state index contributed by atoms with van der Waals surface area (Å²) >= 11 is 6.13. The molecule has 0 bridgehead atoms. The van der Waals surface area contributed by atoms with Crippen LogP contribution in [0.25, 0.3) is 33.1 Å². The van der Waals surface area contributed by atoms with Crippen LogP contribution in [0, 0.1) is 0 Å². The molecule has 0 amide bonds. The maximum absolute atomic E-state index is 12.6. The van der Waals surface area contributed by atoms with E-state index in [4.69, 9.17) is 22.1 Å². The Labute approximate surface area is 148 Å². The number of rotatable bonds is 3. The van der Waals surface area contributed by atoms with Crippen LogP contribution in [0.15, 0.2) is 47.3 Å². The van der Waals surface area contributed by atoms with Crippen LogP contribution in [-0.4, -0.2) is 17.1 Å². The van der Waals surface area contributed by atoms with Crippen molar-refractivity contribution in [1.29, 1.82) is 0 Å². The molecule has 0 fully saturated rings. The maximum Gasteiger partial charge on any atom is 0.253 e. The van der Waals surface area contributed by atoms with Crippen LogP contribution in [0.2, 0.25) is 5.02 Å². The lowest BCUT2D eigenvalue weighted by Gasteiger charge is -2.10. The molecule has 6 heteroatoms. The zero-order valence-electron chi connectivity index (χ0n) is 13.5. The average Bonchev–Trinajstić information content (AvgIpc) is 2.98. The minimum absolute atomic E-state index is 0.133. The van der Waals surface area contributed by atoms with Crippen molar-refractivity contribution in [1.82, 2.24) is 9.97 Å². The first-order chi connectivity index (χ1) is 12.1. The number of H-pyrrole nitrogens is 2. The van der Waals surface area contributed by atoms with Gasteiger partial charge >= 0.3 is 0 Å². The Bertz CT molecular complexity index is 1160. The van der Waals surface area contributed by atoms with Crippen molar-refractivity contribution in [2.24, 2.45) is 5.73 Å². The van der Waals surface area contributed by atoms with Gasteiger partial charge in [-0.1, -0.05) is 23.7 Å². The minimum Gasteiger partial charge on any atom is -0.497 e. The Morgan fingerprint density at radius 3 is 2.72 bits per heavy atom. The molecule has 4 N–H and O–H groups in total. The summed E-state index contributed by atoms with van der Waals surface area (Å²) in [5.74, 6) is 0.716. The van der Waals surface area contributed by atoms with Crippen LogP contribution in [0.5, 0.6) is 5.75 Å². The van der Waals surface area contributed by atoms with Gasteiger partial charge in [-0.25, -0.2) is 0 Å². The van der Waals surface area contributed by atoms with Crippen molar-refractivity contribution in [2.75, 3.05) is 7.11 Å². The summed E-state index contributed by atoms with van der Waals surface area (Å²) in [6, 6.07) is 13.1. The number of ether oxygens (including phenoxy) is 1. The Morgan fingerprint density at radius 2 is 1.96 bits per heavy atom. The summed E-state index contributed by atoms with van der Waals surface area (Å²) in [5.41, 5.74) is 10.3. The van der Waals surface area contributed by atoms with Crippen molar-refractivity contribution in [3.05, 3.63) is 63.4 Å². The van der Waals surface area contributed by atoms with Gasteiger partial charge in [-0.15, -0.1) is 0 Å². The largest absolute Gasteiger partial charge is 0.497 e. The van der Waals surface area contributed by atoms with E-state index in [1.54, 1.807) is 7.11 Å². The number of nitrogens with two attached hydrogens (primary N) is 1. The minimum atomic E-state index is -0.200. The predicted octanol–water partition coefficient (Wildman–Crippen LogP) is 3.80. The summed E-state index contributed by atoms with van der Waals surface area (Å²) in [5, 5.41) is 1.48. The molecule has 0 spiro atoms. The molecule has 0 saturated carbocycles. The highest BCUT2D eigenvalue weighted by atomic mass is 35.5. The van der Waals surface area contributed by atoms with Crippen molar-refractivity contribution in [3.63, 3.8) is 0 Å². The van der Waals surface area contributed by atoms with Gasteiger partial charge in [0.25, 0.3) is 5.56 Å². The van der Waals surface area contributed by atoms with E-state index in [-0.39, 0.29) is 12.1 Å². The standard InChI is InChI=1S/C19H16ClN3O2/c1-25-12-4-2-3-10(7-12)16-14(9-21)19(24)23-17-13-8-11(20)5-6-15(13)22-18(16)17/h2-8,22H,9,21H2,1H3,(H,23,24). The molecule has 4 rings (SSSR count).